The Hall–Kier alpha value is -3.07. The molecule has 1 fully saturated rings. The minimum atomic E-state index is -4.47. The monoisotopic (exact) mass is 433 g/mol. The summed E-state index contributed by atoms with van der Waals surface area (Å²) in [4.78, 5) is 31.0. The Morgan fingerprint density at radius 1 is 1.13 bits per heavy atom. The predicted octanol–water partition coefficient (Wildman–Crippen LogP) is 3.53. The van der Waals surface area contributed by atoms with Gasteiger partial charge in [-0.15, -0.1) is 0 Å². The number of fused-ring (bicyclic) bond motifs is 1. The third kappa shape index (κ3) is 4.66. The van der Waals surface area contributed by atoms with E-state index in [-0.39, 0.29) is 31.0 Å². The van der Waals surface area contributed by atoms with Gasteiger partial charge in [-0.25, -0.2) is 4.79 Å². The number of hydrogen-bond donors (Lipinski definition) is 3. The highest BCUT2D eigenvalue weighted by molar-refractivity contribution is 5.77. The van der Waals surface area contributed by atoms with Crippen LogP contribution in [0.4, 0.5) is 13.2 Å². The van der Waals surface area contributed by atoms with Crippen molar-refractivity contribution in [2.45, 2.75) is 44.0 Å². The molecule has 6 nitrogen and oxygen atoms in total. The third-order valence-corrected chi connectivity index (χ3v) is 5.63. The lowest BCUT2D eigenvalue weighted by molar-refractivity contribution is -0.137. The number of carbonyl (C=O) groups is 1. The van der Waals surface area contributed by atoms with Gasteiger partial charge in [0.25, 0.3) is 0 Å². The van der Waals surface area contributed by atoms with Crippen LogP contribution >= 0.6 is 0 Å². The number of H-pyrrole nitrogens is 2. The largest absolute Gasteiger partial charge is 0.416 e. The molecule has 0 radical (unpaired) electrons. The Morgan fingerprint density at radius 3 is 2.68 bits per heavy atom. The van der Waals surface area contributed by atoms with Gasteiger partial charge in [0.1, 0.15) is 0 Å². The lowest BCUT2D eigenvalue weighted by atomic mass is 10.0. The van der Waals surface area contributed by atoms with E-state index in [2.05, 4.69) is 9.97 Å². The number of aromatic amines is 2. The summed E-state index contributed by atoms with van der Waals surface area (Å²) < 4.78 is 39.2. The van der Waals surface area contributed by atoms with Crippen LogP contribution < -0.4 is 5.69 Å². The highest BCUT2D eigenvalue weighted by Gasteiger charge is 2.37. The SMILES string of the molecule is O=C(CCCc1ccc2[nH]c(=O)[nH]c2c1)N1CC(O)CC1c1cccc(C(F)(F)F)c1. The highest BCUT2D eigenvalue weighted by Crippen LogP contribution is 2.36. The van der Waals surface area contributed by atoms with E-state index < -0.39 is 23.9 Å². The number of aliphatic hydroxyl groups is 1. The average Bonchev–Trinajstić information content (AvgIpc) is 3.28. The first-order chi connectivity index (χ1) is 14.7. The molecule has 31 heavy (non-hydrogen) atoms. The van der Waals surface area contributed by atoms with Crippen LogP contribution in [0.5, 0.6) is 0 Å². The van der Waals surface area contributed by atoms with Crippen molar-refractivity contribution < 1.29 is 23.1 Å². The van der Waals surface area contributed by atoms with E-state index in [1.807, 2.05) is 12.1 Å². The molecule has 164 valence electrons. The fraction of sp³-hybridized carbons (Fsp3) is 0.364. The van der Waals surface area contributed by atoms with E-state index in [1.54, 1.807) is 12.1 Å². The fourth-order valence-corrected chi connectivity index (χ4v) is 4.15. The zero-order chi connectivity index (χ0) is 22.2. The summed E-state index contributed by atoms with van der Waals surface area (Å²) in [6, 6.07) is 9.88. The summed E-state index contributed by atoms with van der Waals surface area (Å²) in [5.74, 6) is -0.199. The Kier molecular flexibility index (Phi) is 5.62. The van der Waals surface area contributed by atoms with Crippen LogP contribution in [0.15, 0.2) is 47.3 Å². The summed E-state index contributed by atoms with van der Waals surface area (Å²) >= 11 is 0. The molecule has 0 spiro atoms. The van der Waals surface area contributed by atoms with Crippen molar-refractivity contribution in [2.24, 2.45) is 0 Å². The molecule has 2 aromatic carbocycles. The molecule has 1 aliphatic rings. The third-order valence-electron chi connectivity index (χ3n) is 5.63. The van der Waals surface area contributed by atoms with Crippen molar-refractivity contribution in [3.63, 3.8) is 0 Å². The van der Waals surface area contributed by atoms with E-state index in [1.165, 1.54) is 11.0 Å². The van der Waals surface area contributed by atoms with Crippen LogP contribution in [-0.4, -0.2) is 38.5 Å². The first-order valence-corrected chi connectivity index (χ1v) is 10.1. The Bertz CT molecular complexity index is 1150. The maximum Gasteiger partial charge on any atom is 0.416 e. The van der Waals surface area contributed by atoms with E-state index in [0.717, 1.165) is 17.7 Å². The van der Waals surface area contributed by atoms with Crippen molar-refractivity contribution >= 4 is 16.9 Å². The van der Waals surface area contributed by atoms with Crippen LogP contribution in [0.25, 0.3) is 11.0 Å². The smallest absolute Gasteiger partial charge is 0.391 e. The number of carbonyl (C=O) groups excluding carboxylic acids is 1. The maximum absolute atomic E-state index is 13.1. The number of β-amino-alcohol motifs (C(OH)–C–C–N with tert-alkyl or cyclic N) is 1. The highest BCUT2D eigenvalue weighted by atomic mass is 19.4. The molecule has 1 aromatic heterocycles. The average molecular weight is 433 g/mol. The number of nitrogens with zero attached hydrogens (tertiary/aromatic N) is 1. The number of hydrogen-bond acceptors (Lipinski definition) is 3. The zero-order valence-electron chi connectivity index (χ0n) is 16.6. The molecule has 1 saturated heterocycles. The Balaban J connectivity index is 1.42. The number of aliphatic hydroxyl groups excluding tert-OH is 1. The molecule has 0 bridgehead atoms. The van der Waals surface area contributed by atoms with E-state index in [4.69, 9.17) is 0 Å². The number of likely N-dealkylation sites (tertiary alicyclic amines) is 1. The molecule has 3 N–H and O–H groups in total. The van der Waals surface area contributed by atoms with Crippen LogP contribution in [0.2, 0.25) is 0 Å². The second-order valence-corrected chi connectivity index (χ2v) is 7.89. The van der Waals surface area contributed by atoms with Gasteiger partial charge in [0.05, 0.1) is 28.7 Å². The molecular weight excluding hydrogens is 411 g/mol. The summed E-state index contributed by atoms with van der Waals surface area (Å²) in [6.45, 7) is 0.107. The number of aromatic nitrogens is 2. The topological polar surface area (TPSA) is 89.2 Å². The Morgan fingerprint density at radius 2 is 1.90 bits per heavy atom. The normalized spacial score (nSPS) is 19.3. The predicted molar refractivity (Wildman–Crippen MR) is 108 cm³/mol. The molecule has 0 aliphatic carbocycles. The first-order valence-electron chi connectivity index (χ1n) is 10.1. The molecule has 9 heteroatoms. The molecule has 3 aromatic rings. The van der Waals surface area contributed by atoms with E-state index in [9.17, 15) is 27.9 Å². The van der Waals surface area contributed by atoms with Gasteiger partial charge in [-0.1, -0.05) is 18.2 Å². The summed E-state index contributed by atoms with van der Waals surface area (Å²) in [5.41, 5.74) is 1.70. The number of imidazole rings is 1. The van der Waals surface area contributed by atoms with Crippen LogP contribution in [0, 0.1) is 0 Å². The van der Waals surface area contributed by atoms with Crippen molar-refractivity contribution in [3.05, 3.63) is 69.6 Å². The molecule has 0 saturated carbocycles. The van der Waals surface area contributed by atoms with Crippen molar-refractivity contribution in [1.82, 2.24) is 14.9 Å². The van der Waals surface area contributed by atoms with Crippen LogP contribution in [0.1, 0.15) is 42.0 Å². The number of aryl methyl sites for hydroxylation is 1. The molecule has 2 heterocycles. The number of alkyl halides is 3. The molecule has 1 aliphatic heterocycles. The van der Waals surface area contributed by atoms with Gasteiger partial charge in [-0.05, 0) is 54.7 Å². The van der Waals surface area contributed by atoms with Crippen molar-refractivity contribution in [1.29, 1.82) is 0 Å². The van der Waals surface area contributed by atoms with E-state index >= 15 is 0 Å². The van der Waals surface area contributed by atoms with Gasteiger partial charge >= 0.3 is 11.9 Å². The molecule has 1 amide bonds. The lowest BCUT2D eigenvalue weighted by Gasteiger charge is -2.25. The first kappa shape index (κ1) is 21.2. The molecular formula is C22H22F3N3O3. The van der Waals surface area contributed by atoms with Crippen molar-refractivity contribution in [3.8, 4) is 0 Å². The quantitative estimate of drug-likeness (QED) is 0.575. The number of rotatable bonds is 5. The molecule has 4 rings (SSSR count). The minimum absolute atomic E-state index is 0.107. The lowest BCUT2D eigenvalue weighted by Crippen LogP contribution is -2.31. The number of benzene rings is 2. The summed E-state index contributed by atoms with van der Waals surface area (Å²) in [7, 11) is 0. The Labute approximate surface area is 175 Å². The summed E-state index contributed by atoms with van der Waals surface area (Å²) in [5, 5.41) is 10.1. The summed E-state index contributed by atoms with van der Waals surface area (Å²) in [6.07, 6.45) is -3.65. The van der Waals surface area contributed by atoms with Gasteiger partial charge in [0, 0.05) is 13.0 Å². The van der Waals surface area contributed by atoms with Gasteiger partial charge in [-0.2, -0.15) is 13.2 Å². The van der Waals surface area contributed by atoms with Crippen LogP contribution in [0.3, 0.4) is 0 Å². The second kappa shape index (κ2) is 8.22. The second-order valence-electron chi connectivity index (χ2n) is 7.89. The van der Waals surface area contributed by atoms with Gasteiger partial charge < -0.3 is 20.0 Å². The maximum atomic E-state index is 13.1. The number of nitrogens with one attached hydrogen (secondary N) is 2. The van der Waals surface area contributed by atoms with Gasteiger partial charge in [-0.3, -0.25) is 4.79 Å². The number of amides is 1. The molecule has 2 atom stereocenters. The van der Waals surface area contributed by atoms with Crippen LogP contribution in [-0.2, 0) is 17.4 Å². The standard InChI is InChI=1S/C22H22F3N3O3/c23-22(24,25)15-5-2-4-14(10-15)19-11-16(29)12-28(19)20(30)6-1-3-13-7-8-17-18(9-13)27-21(31)26-17/h2,4-5,7-10,16,19,29H,1,3,6,11-12H2,(H2,26,27,31). The molecule has 2 unspecified atom stereocenters. The van der Waals surface area contributed by atoms with Gasteiger partial charge in [0.15, 0.2) is 0 Å². The zero-order valence-corrected chi connectivity index (χ0v) is 16.6. The van der Waals surface area contributed by atoms with Gasteiger partial charge in [0.2, 0.25) is 5.91 Å². The van der Waals surface area contributed by atoms with E-state index in [0.29, 0.717) is 29.4 Å². The minimum Gasteiger partial charge on any atom is -0.391 e. The van der Waals surface area contributed by atoms with Crippen molar-refractivity contribution in [2.75, 3.05) is 6.54 Å². The fourth-order valence-electron chi connectivity index (χ4n) is 4.15. The number of halogens is 3.